The molecule has 6 heteroatoms. The molecule has 3 rings (SSSR count). The molecule has 1 heterocycles. The fraction of sp³-hybridized carbons (Fsp3) is 0.316. The molecule has 0 N–H and O–H groups in total. The van der Waals surface area contributed by atoms with Crippen molar-refractivity contribution in [3.8, 4) is 11.5 Å². The largest absolute Gasteiger partial charge is 0.494 e. The highest BCUT2D eigenvalue weighted by atomic mass is 35.5. The van der Waals surface area contributed by atoms with Crippen LogP contribution in [0.2, 0.25) is 5.02 Å². The lowest BCUT2D eigenvalue weighted by Crippen LogP contribution is -2.28. The van der Waals surface area contributed by atoms with Gasteiger partial charge in [-0.2, -0.15) is 0 Å². The number of carbonyl (C=O) groups is 1. The molecule has 1 saturated heterocycles. The number of benzene rings is 2. The molecule has 0 saturated carbocycles. The van der Waals surface area contributed by atoms with Crippen LogP contribution in [0.3, 0.4) is 0 Å². The minimum absolute atomic E-state index is 0.0775. The van der Waals surface area contributed by atoms with Gasteiger partial charge in [0.25, 0.3) is 0 Å². The average molecular weight is 378 g/mol. The Morgan fingerprint density at radius 3 is 2.52 bits per heavy atom. The van der Waals surface area contributed by atoms with Crippen molar-refractivity contribution in [2.45, 2.75) is 19.2 Å². The zero-order valence-corrected chi connectivity index (χ0v) is 15.8. The summed E-state index contributed by atoms with van der Waals surface area (Å²) in [7, 11) is 0. The lowest BCUT2D eigenvalue weighted by atomic mass is 10.1. The summed E-state index contributed by atoms with van der Waals surface area (Å²) in [6.07, 6.45) is 0. The summed E-state index contributed by atoms with van der Waals surface area (Å²) in [5.41, 5.74) is 1.80. The minimum atomic E-state index is -0.133. The van der Waals surface area contributed by atoms with Crippen molar-refractivity contribution >= 4 is 35.0 Å². The first kappa shape index (κ1) is 18.0. The standard InChI is InChI=1S/C19H20ClNO3S/c1-3-23-15-9-10-16(17(11-15)24-4-2)19-21(18(22)12-25-19)14-7-5-13(20)6-8-14/h5-11,19H,3-4,12H2,1-2H3/t19-/m0/s1. The maximum Gasteiger partial charge on any atom is 0.238 e. The zero-order valence-electron chi connectivity index (χ0n) is 14.2. The van der Waals surface area contributed by atoms with E-state index in [1.807, 2.05) is 44.2 Å². The van der Waals surface area contributed by atoms with Crippen LogP contribution in [0.1, 0.15) is 24.8 Å². The van der Waals surface area contributed by atoms with E-state index in [4.69, 9.17) is 21.1 Å². The highest BCUT2D eigenvalue weighted by Crippen LogP contribution is 2.45. The van der Waals surface area contributed by atoms with Crippen molar-refractivity contribution in [3.05, 3.63) is 53.1 Å². The first-order chi connectivity index (χ1) is 12.1. The van der Waals surface area contributed by atoms with Gasteiger partial charge in [-0.15, -0.1) is 11.8 Å². The van der Waals surface area contributed by atoms with E-state index in [1.54, 1.807) is 28.8 Å². The third kappa shape index (κ3) is 3.88. The van der Waals surface area contributed by atoms with E-state index in [0.29, 0.717) is 24.0 Å². The molecule has 1 amide bonds. The van der Waals surface area contributed by atoms with Gasteiger partial charge in [-0.05, 0) is 50.2 Å². The lowest BCUT2D eigenvalue weighted by Gasteiger charge is -2.26. The summed E-state index contributed by atoms with van der Waals surface area (Å²) in [6.45, 7) is 5.04. The Labute approximate surface area is 157 Å². The molecule has 1 fully saturated rings. The maximum atomic E-state index is 12.5. The summed E-state index contributed by atoms with van der Waals surface area (Å²) in [6, 6.07) is 13.1. The van der Waals surface area contributed by atoms with Crippen LogP contribution in [0.15, 0.2) is 42.5 Å². The Kier molecular flexibility index (Phi) is 5.76. The molecule has 25 heavy (non-hydrogen) atoms. The van der Waals surface area contributed by atoms with Crippen LogP contribution in [-0.4, -0.2) is 24.9 Å². The highest BCUT2D eigenvalue weighted by molar-refractivity contribution is 8.00. The van der Waals surface area contributed by atoms with Crippen LogP contribution >= 0.6 is 23.4 Å². The molecule has 2 aromatic rings. The van der Waals surface area contributed by atoms with E-state index < -0.39 is 0 Å². The topological polar surface area (TPSA) is 38.8 Å². The monoisotopic (exact) mass is 377 g/mol. The molecule has 0 aromatic heterocycles. The van der Waals surface area contributed by atoms with Crippen LogP contribution < -0.4 is 14.4 Å². The van der Waals surface area contributed by atoms with Crippen LogP contribution in [-0.2, 0) is 4.79 Å². The Morgan fingerprint density at radius 1 is 1.12 bits per heavy atom. The zero-order chi connectivity index (χ0) is 17.8. The van der Waals surface area contributed by atoms with Gasteiger partial charge in [0, 0.05) is 22.3 Å². The minimum Gasteiger partial charge on any atom is -0.494 e. The number of nitrogens with zero attached hydrogens (tertiary/aromatic N) is 1. The van der Waals surface area contributed by atoms with Crippen molar-refractivity contribution in [2.24, 2.45) is 0 Å². The Hall–Kier alpha value is -1.85. The van der Waals surface area contributed by atoms with Crippen molar-refractivity contribution in [2.75, 3.05) is 23.9 Å². The summed E-state index contributed by atoms with van der Waals surface area (Å²) >= 11 is 7.57. The number of hydrogen-bond donors (Lipinski definition) is 0. The van der Waals surface area contributed by atoms with Gasteiger partial charge in [0.1, 0.15) is 16.9 Å². The van der Waals surface area contributed by atoms with Gasteiger partial charge in [-0.25, -0.2) is 0 Å². The van der Waals surface area contributed by atoms with E-state index in [1.165, 1.54) is 0 Å². The molecule has 1 aliphatic heterocycles. The average Bonchev–Trinajstić information content (AvgIpc) is 2.98. The van der Waals surface area contributed by atoms with Gasteiger partial charge in [-0.3, -0.25) is 9.69 Å². The molecule has 0 aliphatic carbocycles. The van der Waals surface area contributed by atoms with Gasteiger partial charge in [0.15, 0.2) is 0 Å². The van der Waals surface area contributed by atoms with Gasteiger partial charge in [-0.1, -0.05) is 11.6 Å². The molecule has 0 bridgehead atoms. The lowest BCUT2D eigenvalue weighted by molar-refractivity contribution is -0.115. The normalized spacial score (nSPS) is 17.0. The van der Waals surface area contributed by atoms with Gasteiger partial charge in [0.2, 0.25) is 5.91 Å². The molecule has 0 unspecified atom stereocenters. The quantitative estimate of drug-likeness (QED) is 0.716. The molecule has 4 nitrogen and oxygen atoms in total. The summed E-state index contributed by atoms with van der Waals surface area (Å²) in [5, 5.41) is 0.515. The second-order valence-corrected chi connectivity index (χ2v) is 6.97. The van der Waals surface area contributed by atoms with Crippen molar-refractivity contribution < 1.29 is 14.3 Å². The highest BCUT2D eigenvalue weighted by Gasteiger charge is 2.35. The Morgan fingerprint density at radius 2 is 1.84 bits per heavy atom. The maximum absolute atomic E-state index is 12.5. The molecule has 1 atom stereocenters. The van der Waals surface area contributed by atoms with E-state index in [2.05, 4.69) is 0 Å². The Balaban J connectivity index is 1.98. The SMILES string of the molecule is CCOc1ccc([C@@H]2SCC(=O)N2c2ccc(Cl)cc2)c(OCC)c1. The summed E-state index contributed by atoms with van der Waals surface area (Å²) in [4.78, 5) is 14.3. The number of halogens is 1. The fourth-order valence-electron chi connectivity index (χ4n) is 2.79. The first-order valence-corrected chi connectivity index (χ1v) is 9.65. The molecule has 0 radical (unpaired) electrons. The summed E-state index contributed by atoms with van der Waals surface area (Å²) < 4.78 is 11.4. The molecule has 2 aromatic carbocycles. The first-order valence-electron chi connectivity index (χ1n) is 8.22. The van der Waals surface area contributed by atoms with E-state index in [9.17, 15) is 4.79 Å². The number of amides is 1. The van der Waals surface area contributed by atoms with E-state index in [-0.39, 0.29) is 11.3 Å². The van der Waals surface area contributed by atoms with Gasteiger partial charge >= 0.3 is 0 Å². The van der Waals surface area contributed by atoms with Crippen LogP contribution in [0.5, 0.6) is 11.5 Å². The second-order valence-electron chi connectivity index (χ2n) is 5.47. The number of anilines is 1. The molecule has 0 spiro atoms. The van der Waals surface area contributed by atoms with Gasteiger partial charge < -0.3 is 9.47 Å². The molecular weight excluding hydrogens is 358 g/mol. The van der Waals surface area contributed by atoms with Crippen LogP contribution in [0.25, 0.3) is 0 Å². The summed E-state index contributed by atoms with van der Waals surface area (Å²) in [5.74, 6) is 2.03. The van der Waals surface area contributed by atoms with E-state index in [0.717, 1.165) is 22.7 Å². The van der Waals surface area contributed by atoms with Crippen LogP contribution in [0, 0.1) is 0 Å². The predicted octanol–water partition coefficient (Wildman–Crippen LogP) is 4.92. The van der Waals surface area contributed by atoms with Crippen molar-refractivity contribution in [1.82, 2.24) is 0 Å². The second kappa shape index (κ2) is 8.02. The number of carbonyl (C=O) groups excluding carboxylic acids is 1. The third-order valence-electron chi connectivity index (χ3n) is 3.83. The molecule has 1 aliphatic rings. The smallest absolute Gasteiger partial charge is 0.238 e. The third-order valence-corrected chi connectivity index (χ3v) is 5.28. The van der Waals surface area contributed by atoms with Crippen molar-refractivity contribution in [3.63, 3.8) is 0 Å². The van der Waals surface area contributed by atoms with Crippen molar-refractivity contribution in [1.29, 1.82) is 0 Å². The molecule has 132 valence electrons. The molecular formula is C19H20ClNO3S. The number of hydrogen-bond acceptors (Lipinski definition) is 4. The van der Waals surface area contributed by atoms with E-state index >= 15 is 0 Å². The fourth-order valence-corrected chi connectivity index (χ4v) is 4.12. The van der Waals surface area contributed by atoms with Gasteiger partial charge in [0.05, 0.1) is 19.0 Å². The predicted molar refractivity (Wildman–Crippen MR) is 103 cm³/mol. The Bertz CT molecular complexity index is 751. The number of ether oxygens (including phenoxy) is 2. The number of rotatable bonds is 6. The van der Waals surface area contributed by atoms with Crippen LogP contribution in [0.4, 0.5) is 5.69 Å². The number of thioether (sulfide) groups is 1.